The fraction of sp³-hybridized carbons (Fsp3) is 0.412. The molecule has 4 heteroatoms. The third-order valence-corrected chi connectivity index (χ3v) is 4.64. The smallest absolute Gasteiger partial charge is 0.138 e. The summed E-state index contributed by atoms with van der Waals surface area (Å²) in [6.07, 6.45) is 2.12. The molecule has 112 valence electrons. The van der Waals surface area contributed by atoms with Crippen molar-refractivity contribution in [1.82, 2.24) is 4.57 Å². The van der Waals surface area contributed by atoms with Crippen molar-refractivity contribution in [3.63, 3.8) is 0 Å². The molecule has 0 radical (unpaired) electrons. The van der Waals surface area contributed by atoms with Crippen molar-refractivity contribution < 1.29 is 4.74 Å². The Morgan fingerprint density at radius 3 is 2.67 bits per heavy atom. The summed E-state index contributed by atoms with van der Waals surface area (Å²) in [5.74, 6) is 0.715. The van der Waals surface area contributed by atoms with Gasteiger partial charge in [0.15, 0.2) is 0 Å². The Balaban J connectivity index is 2.25. The first-order chi connectivity index (χ1) is 9.86. The van der Waals surface area contributed by atoms with Crippen LogP contribution in [0.4, 0.5) is 0 Å². The number of methoxy groups -OCH3 is 1. The van der Waals surface area contributed by atoms with E-state index in [9.17, 15) is 0 Å². The van der Waals surface area contributed by atoms with Crippen LogP contribution in [0.5, 0.6) is 5.75 Å². The van der Waals surface area contributed by atoms with Crippen LogP contribution < -0.4 is 10.5 Å². The lowest BCUT2D eigenvalue weighted by atomic mass is 9.83. The minimum absolute atomic E-state index is 0.0519. The topological polar surface area (TPSA) is 40.2 Å². The number of halogens is 1. The highest BCUT2D eigenvalue weighted by atomic mass is 35.5. The lowest BCUT2D eigenvalue weighted by Crippen LogP contribution is -2.22. The summed E-state index contributed by atoms with van der Waals surface area (Å²) in [7, 11) is 1.65. The zero-order valence-electron chi connectivity index (χ0n) is 12.9. The van der Waals surface area contributed by atoms with Crippen molar-refractivity contribution in [3.05, 3.63) is 40.5 Å². The summed E-state index contributed by atoms with van der Waals surface area (Å²) in [6.45, 7) is 7.29. The van der Waals surface area contributed by atoms with Gasteiger partial charge >= 0.3 is 0 Å². The van der Waals surface area contributed by atoms with Crippen LogP contribution in [0.1, 0.15) is 31.9 Å². The molecule has 1 aromatic carbocycles. The van der Waals surface area contributed by atoms with Crippen LogP contribution in [0.2, 0.25) is 5.02 Å². The molecule has 2 N–H and O–H groups in total. The van der Waals surface area contributed by atoms with Gasteiger partial charge in [0.1, 0.15) is 5.75 Å². The zero-order valence-corrected chi connectivity index (χ0v) is 13.7. The molecule has 0 fully saturated rings. The predicted molar refractivity (Wildman–Crippen MR) is 87.2 cm³/mol. The summed E-state index contributed by atoms with van der Waals surface area (Å²) in [6, 6.07) is 6.38. The van der Waals surface area contributed by atoms with Crippen molar-refractivity contribution in [2.75, 3.05) is 7.11 Å². The molecule has 0 bridgehead atoms. The Morgan fingerprint density at radius 2 is 2.05 bits per heavy atom. The SMILES string of the molecule is COc1cc2c(cc1Cl)C(C)(C)c1ccn(C[C@H](C)N)c1-2. The van der Waals surface area contributed by atoms with Gasteiger partial charge in [-0.15, -0.1) is 0 Å². The number of ether oxygens (including phenoxy) is 1. The number of benzene rings is 1. The van der Waals surface area contributed by atoms with E-state index in [1.807, 2.05) is 19.1 Å². The first kappa shape index (κ1) is 14.5. The molecule has 0 saturated carbocycles. The normalized spacial score (nSPS) is 16.5. The number of aromatic nitrogens is 1. The van der Waals surface area contributed by atoms with E-state index in [4.69, 9.17) is 22.1 Å². The first-order valence-electron chi connectivity index (χ1n) is 7.20. The van der Waals surface area contributed by atoms with E-state index in [0.717, 1.165) is 6.54 Å². The van der Waals surface area contributed by atoms with Crippen LogP contribution in [-0.2, 0) is 12.0 Å². The fourth-order valence-corrected chi connectivity index (χ4v) is 3.55. The van der Waals surface area contributed by atoms with Gasteiger partial charge in [0.25, 0.3) is 0 Å². The minimum atomic E-state index is -0.0519. The van der Waals surface area contributed by atoms with Gasteiger partial charge in [0.2, 0.25) is 0 Å². The van der Waals surface area contributed by atoms with Crippen molar-refractivity contribution in [2.24, 2.45) is 5.73 Å². The van der Waals surface area contributed by atoms with Gasteiger partial charge in [0, 0.05) is 29.8 Å². The molecule has 1 aliphatic rings. The molecule has 1 aromatic heterocycles. The van der Waals surface area contributed by atoms with E-state index in [-0.39, 0.29) is 11.5 Å². The van der Waals surface area contributed by atoms with Crippen LogP contribution in [0.3, 0.4) is 0 Å². The Hall–Kier alpha value is -1.45. The standard InChI is InChI=1S/C17H21ClN2O/c1-10(19)9-20-6-5-12-16(20)11-7-15(21-4)14(18)8-13(11)17(12,2)3/h5-8,10H,9,19H2,1-4H3/t10-/m0/s1. The lowest BCUT2D eigenvalue weighted by Gasteiger charge is -2.20. The van der Waals surface area contributed by atoms with Gasteiger partial charge in [-0.25, -0.2) is 0 Å². The van der Waals surface area contributed by atoms with Crippen LogP contribution in [-0.4, -0.2) is 17.7 Å². The van der Waals surface area contributed by atoms with E-state index in [1.165, 1.54) is 22.4 Å². The monoisotopic (exact) mass is 304 g/mol. The molecular weight excluding hydrogens is 284 g/mol. The quantitative estimate of drug-likeness (QED) is 0.937. The van der Waals surface area contributed by atoms with Crippen LogP contribution in [0.15, 0.2) is 24.4 Å². The van der Waals surface area contributed by atoms with Gasteiger partial charge < -0.3 is 15.0 Å². The number of nitrogens with two attached hydrogens (primary N) is 1. The maximum atomic E-state index is 6.32. The fourth-order valence-electron chi connectivity index (χ4n) is 3.31. The van der Waals surface area contributed by atoms with E-state index >= 15 is 0 Å². The molecule has 0 unspecified atom stereocenters. The number of fused-ring (bicyclic) bond motifs is 3. The van der Waals surface area contributed by atoms with Crippen LogP contribution in [0, 0.1) is 0 Å². The van der Waals surface area contributed by atoms with E-state index in [1.54, 1.807) is 7.11 Å². The van der Waals surface area contributed by atoms with Gasteiger partial charge in [-0.05, 0) is 36.2 Å². The number of hydrogen-bond acceptors (Lipinski definition) is 2. The molecule has 0 spiro atoms. The van der Waals surface area contributed by atoms with E-state index in [2.05, 4.69) is 30.7 Å². The van der Waals surface area contributed by atoms with Crippen LogP contribution >= 0.6 is 11.6 Å². The third-order valence-electron chi connectivity index (χ3n) is 4.34. The average Bonchev–Trinajstić information content (AvgIpc) is 2.89. The third kappa shape index (κ3) is 2.07. The Labute approximate surface area is 130 Å². The molecule has 0 amide bonds. The van der Waals surface area contributed by atoms with Crippen LogP contribution in [0.25, 0.3) is 11.3 Å². The van der Waals surface area contributed by atoms with Gasteiger partial charge in [0.05, 0.1) is 17.8 Å². The molecule has 1 atom stereocenters. The number of nitrogens with zero attached hydrogens (tertiary/aromatic N) is 1. The molecule has 2 aromatic rings. The van der Waals surface area contributed by atoms with Gasteiger partial charge in [-0.3, -0.25) is 0 Å². The number of rotatable bonds is 3. The van der Waals surface area contributed by atoms with Crippen molar-refractivity contribution in [3.8, 4) is 17.0 Å². The van der Waals surface area contributed by atoms with Gasteiger partial charge in [-0.2, -0.15) is 0 Å². The summed E-state index contributed by atoms with van der Waals surface area (Å²) in [5.41, 5.74) is 10.9. The average molecular weight is 305 g/mol. The first-order valence-corrected chi connectivity index (χ1v) is 7.57. The van der Waals surface area contributed by atoms with Gasteiger partial charge in [-0.1, -0.05) is 25.4 Å². The maximum Gasteiger partial charge on any atom is 0.138 e. The zero-order chi connectivity index (χ0) is 15.4. The summed E-state index contributed by atoms with van der Waals surface area (Å²) in [5, 5.41) is 0.660. The Morgan fingerprint density at radius 1 is 1.33 bits per heavy atom. The molecule has 0 saturated heterocycles. The van der Waals surface area contributed by atoms with E-state index in [0.29, 0.717) is 10.8 Å². The predicted octanol–water partition coefficient (Wildman–Crippen LogP) is 3.80. The summed E-state index contributed by atoms with van der Waals surface area (Å²) < 4.78 is 7.62. The Bertz CT molecular complexity index is 701. The highest BCUT2D eigenvalue weighted by molar-refractivity contribution is 6.32. The second kappa shape index (κ2) is 4.79. The second-order valence-electron chi connectivity index (χ2n) is 6.37. The lowest BCUT2D eigenvalue weighted by molar-refractivity contribution is 0.415. The van der Waals surface area contributed by atoms with Crippen molar-refractivity contribution >= 4 is 11.6 Å². The Kier molecular flexibility index (Phi) is 3.30. The molecule has 3 rings (SSSR count). The molecule has 1 heterocycles. The highest BCUT2D eigenvalue weighted by Gasteiger charge is 2.38. The highest BCUT2D eigenvalue weighted by Crippen LogP contribution is 2.51. The molecular formula is C17H21ClN2O. The van der Waals surface area contributed by atoms with E-state index < -0.39 is 0 Å². The molecule has 21 heavy (non-hydrogen) atoms. The van der Waals surface area contributed by atoms with Crippen molar-refractivity contribution in [1.29, 1.82) is 0 Å². The summed E-state index contributed by atoms with van der Waals surface area (Å²) >= 11 is 6.32. The molecule has 3 nitrogen and oxygen atoms in total. The second-order valence-corrected chi connectivity index (χ2v) is 6.77. The minimum Gasteiger partial charge on any atom is -0.495 e. The number of hydrogen-bond donors (Lipinski definition) is 1. The molecule has 1 aliphatic carbocycles. The van der Waals surface area contributed by atoms with Crippen molar-refractivity contribution in [2.45, 2.75) is 38.8 Å². The summed E-state index contributed by atoms with van der Waals surface area (Å²) in [4.78, 5) is 0. The maximum absolute atomic E-state index is 6.32. The largest absolute Gasteiger partial charge is 0.495 e. The molecule has 0 aliphatic heterocycles.